The molecule has 0 spiro atoms. The topological polar surface area (TPSA) is 121 Å². The molecule has 0 bridgehead atoms. The molecule has 1 aliphatic carbocycles. The molecular weight excluding hydrogens is 470 g/mol. The van der Waals surface area contributed by atoms with Gasteiger partial charge in [0.05, 0.1) is 6.04 Å². The zero-order valence-corrected chi connectivity index (χ0v) is 17.0. The largest absolute Gasteiger partial charge is 0.490 e. The van der Waals surface area contributed by atoms with Crippen molar-refractivity contribution in [3.05, 3.63) is 17.2 Å². The summed E-state index contributed by atoms with van der Waals surface area (Å²) < 4.78 is 69.1. The zero-order valence-electron chi connectivity index (χ0n) is 16.2. The van der Waals surface area contributed by atoms with Crippen LogP contribution in [0.1, 0.15) is 30.7 Å². The molecule has 3 rings (SSSR count). The van der Waals surface area contributed by atoms with E-state index in [9.17, 15) is 35.9 Å². The van der Waals surface area contributed by atoms with E-state index < -0.39 is 29.2 Å². The molecule has 2 heterocycles. The summed E-state index contributed by atoms with van der Waals surface area (Å²) in [5.41, 5.74) is 0. The van der Waals surface area contributed by atoms with E-state index >= 15 is 0 Å². The summed E-state index contributed by atoms with van der Waals surface area (Å²) in [6.07, 6.45) is -3.46. The van der Waals surface area contributed by atoms with E-state index in [2.05, 4.69) is 20.8 Å². The molecule has 178 valence electrons. The molecule has 1 saturated carbocycles. The number of rotatable bonds is 7. The number of amides is 1. The fourth-order valence-electron chi connectivity index (χ4n) is 2.60. The number of carboxylic acids is 1. The summed E-state index contributed by atoms with van der Waals surface area (Å²) in [6.45, 7) is 0.852. The second kappa shape index (κ2) is 10.4. The van der Waals surface area contributed by atoms with Crippen molar-refractivity contribution in [3.8, 4) is 0 Å². The molecule has 32 heavy (non-hydrogen) atoms. The molecule has 2 fully saturated rings. The van der Waals surface area contributed by atoms with Gasteiger partial charge in [-0.15, -0.1) is 10.2 Å². The third kappa shape index (κ3) is 8.18. The van der Waals surface area contributed by atoms with Crippen LogP contribution in [0.2, 0.25) is 0 Å². The Balaban J connectivity index is 0.000000451. The van der Waals surface area contributed by atoms with Crippen molar-refractivity contribution in [1.29, 1.82) is 0 Å². The lowest BCUT2D eigenvalue weighted by Gasteiger charge is -2.27. The number of anilines is 1. The SMILES string of the molecule is O=C(/C=C/[C@@H](CC(=O)[C@@H]1CCN1)C1CC1)Nc1nnc(C(F)(F)F)s1.O=C(O)C(F)(F)F. The van der Waals surface area contributed by atoms with E-state index in [1.54, 1.807) is 6.08 Å². The molecule has 0 radical (unpaired) electrons. The quantitative estimate of drug-likeness (QED) is 0.399. The summed E-state index contributed by atoms with van der Waals surface area (Å²) in [4.78, 5) is 32.8. The number of carbonyl (C=O) groups is 3. The standard InChI is InChI=1S/C15H17F3N4O2S.C2HF3O2/c16-15(17,18)13-21-22-14(25-13)20-12(24)4-3-9(8-1-2-8)7-11(23)10-5-6-19-10;3-2(4,5)1(6)7/h3-4,8-10,19H,1-2,5-7H2,(H,20,22,24);(H,6,7)/b4-3+;/t9-,10-;/m0./s1. The van der Waals surface area contributed by atoms with Crippen LogP contribution in [0.25, 0.3) is 0 Å². The molecule has 0 unspecified atom stereocenters. The number of aromatic nitrogens is 2. The lowest BCUT2D eigenvalue weighted by atomic mass is 9.90. The summed E-state index contributed by atoms with van der Waals surface area (Å²) in [7, 11) is 0. The molecule has 0 aromatic carbocycles. The predicted molar refractivity (Wildman–Crippen MR) is 98.6 cm³/mol. The van der Waals surface area contributed by atoms with Gasteiger partial charge in [-0.3, -0.25) is 14.9 Å². The first-order valence-electron chi connectivity index (χ1n) is 9.23. The van der Waals surface area contributed by atoms with Crippen LogP contribution in [0.5, 0.6) is 0 Å². The summed E-state index contributed by atoms with van der Waals surface area (Å²) in [5.74, 6) is -2.81. The first-order valence-corrected chi connectivity index (χ1v) is 10.0. The number of nitrogens with zero attached hydrogens (tertiary/aromatic N) is 2. The maximum Gasteiger partial charge on any atom is 0.490 e. The highest BCUT2D eigenvalue weighted by Gasteiger charge is 2.38. The van der Waals surface area contributed by atoms with Crippen molar-refractivity contribution in [1.82, 2.24) is 15.5 Å². The van der Waals surface area contributed by atoms with Crippen molar-refractivity contribution in [2.24, 2.45) is 11.8 Å². The van der Waals surface area contributed by atoms with Crippen LogP contribution in [0.3, 0.4) is 0 Å². The molecule has 1 saturated heterocycles. The molecule has 15 heteroatoms. The van der Waals surface area contributed by atoms with Gasteiger partial charge < -0.3 is 10.4 Å². The number of carboxylic acid groups (broad SMARTS) is 1. The van der Waals surface area contributed by atoms with Crippen LogP contribution in [-0.2, 0) is 20.6 Å². The van der Waals surface area contributed by atoms with Gasteiger partial charge >= 0.3 is 18.3 Å². The lowest BCUT2D eigenvalue weighted by Crippen LogP contribution is -2.48. The fraction of sp³-hybridized carbons (Fsp3) is 0.588. The van der Waals surface area contributed by atoms with Gasteiger partial charge in [0, 0.05) is 6.42 Å². The van der Waals surface area contributed by atoms with Gasteiger partial charge in [0.25, 0.3) is 0 Å². The number of hydrogen-bond acceptors (Lipinski definition) is 7. The second-order valence-corrected chi connectivity index (χ2v) is 8.01. The van der Waals surface area contributed by atoms with Gasteiger partial charge in [-0.05, 0) is 43.7 Å². The number of Topliss-reactive ketones (excluding diaryl/α,β-unsaturated/α-hetero) is 1. The molecule has 2 aliphatic rings. The van der Waals surface area contributed by atoms with Crippen LogP contribution in [0.4, 0.5) is 31.5 Å². The Kier molecular flexibility index (Phi) is 8.34. The van der Waals surface area contributed by atoms with Crippen molar-refractivity contribution in [2.75, 3.05) is 11.9 Å². The molecule has 3 N–H and O–H groups in total. The van der Waals surface area contributed by atoms with E-state index in [0.29, 0.717) is 12.3 Å². The van der Waals surface area contributed by atoms with Gasteiger partial charge in [0.2, 0.25) is 16.0 Å². The van der Waals surface area contributed by atoms with Gasteiger partial charge in [-0.1, -0.05) is 17.4 Å². The lowest BCUT2D eigenvalue weighted by molar-refractivity contribution is -0.192. The zero-order chi connectivity index (χ0) is 24.1. The minimum absolute atomic E-state index is 0.0131. The minimum Gasteiger partial charge on any atom is -0.475 e. The molecule has 1 aromatic heterocycles. The summed E-state index contributed by atoms with van der Waals surface area (Å²) in [6, 6.07) is -0.0781. The number of halogens is 6. The van der Waals surface area contributed by atoms with E-state index in [-0.39, 0.29) is 34.2 Å². The monoisotopic (exact) mass is 488 g/mol. The normalized spacial score (nSPS) is 19.5. The van der Waals surface area contributed by atoms with Gasteiger partial charge in [0.1, 0.15) is 5.78 Å². The maximum atomic E-state index is 12.5. The third-order valence-corrected chi connectivity index (χ3v) is 5.40. The van der Waals surface area contributed by atoms with Crippen LogP contribution in [-0.4, -0.2) is 51.7 Å². The van der Waals surface area contributed by atoms with E-state index in [1.807, 2.05) is 0 Å². The minimum atomic E-state index is -5.08. The van der Waals surface area contributed by atoms with Gasteiger partial charge in [-0.2, -0.15) is 26.3 Å². The highest BCUT2D eigenvalue weighted by Crippen LogP contribution is 2.40. The predicted octanol–water partition coefficient (Wildman–Crippen LogP) is 3.03. The number of allylic oxidation sites excluding steroid dienone is 1. The average Bonchev–Trinajstić information content (AvgIpc) is 3.34. The van der Waals surface area contributed by atoms with Crippen molar-refractivity contribution in [3.63, 3.8) is 0 Å². The number of carbonyl (C=O) groups excluding carboxylic acids is 2. The highest BCUT2D eigenvalue weighted by atomic mass is 32.1. The van der Waals surface area contributed by atoms with Crippen LogP contribution < -0.4 is 10.6 Å². The number of ketones is 1. The third-order valence-electron chi connectivity index (χ3n) is 4.51. The number of nitrogens with one attached hydrogen (secondary N) is 2. The molecule has 2 atom stereocenters. The Morgan fingerprint density at radius 1 is 1.16 bits per heavy atom. The smallest absolute Gasteiger partial charge is 0.475 e. The molecular formula is C17H18F6N4O4S. The molecule has 1 amide bonds. The van der Waals surface area contributed by atoms with E-state index in [0.717, 1.165) is 25.8 Å². The van der Waals surface area contributed by atoms with Gasteiger partial charge in [-0.25, -0.2) is 4.79 Å². The molecule has 8 nitrogen and oxygen atoms in total. The fourth-order valence-corrected chi connectivity index (χ4v) is 3.21. The number of aliphatic carboxylic acids is 1. The second-order valence-electron chi connectivity index (χ2n) is 7.03. The van der Waals surface area contributed by atoms with Crippen LogP contribution in [0.15, 0.2) is 12.2 Å². The summed E-state index contributed by atoms with van der Waals surface area (Å²) >= 11 is 0.271. The van der Waals surface area contributed by atoms with Crippen LogP contribution >= 0.6 is 11.3 Å². The van der Waals surface area contributed by atoms with E-state index in [4.69, 9.17) is 9.90 Å². The van der Waals surface area contributed by atoms with Gasteiger partial charge in [0.15, 0.2) is 0 Å². The molecule has 1 aliphatic heterocycles. The molecule has 1 aromatic rings. The van der Waals surface area contributed by atoms with Crippen molar-refractivity contribution < 1.29 is 45.8 Å². The summed E-state index contributed by atoms with van der Waals surface area (Å²) in [5, 5.41) is 17.4. The van der Waals surface area contributed by atoms with Crippen LogP contribution in [0, 0.1) is 11.8 Å². The Morgan fingerprint density at radius 2 is 1.75 bits per heavy atom. The average molecular weight is 488 g/mol. The first-order chi connectivity index (χ1) is 14.8. The number of hydrogen-bond donors (Lipinski definition) is 3. The highest BCUT2D eigenvalue weighted by molar-refractivity contribution is 7.15. The Morgan fingerprint density at radius 3 is 2.16 bits per heavy atom. The number of alkyl halides is 6. The first kappa shape index (κ1) is 25.7. The maximum absolute atomic E-state index is 12.5. The van der Waals surface area contributed by atoms with Crippen molar-refractivity contribution in [2.45, 2.75) is 44.1 Å². The Hall–Kier alpha value is -2.55. The Labute approximate surface area is 181 Å². The Bertz CT molecular complexity index is 862. The van der Waals surface area contributed by atoms with E-state index in [1.165, 1.54) is 6.08 Å². The van der Waals surface area contributed by atoms with Crippen molar-refractivity contribution >= 4 is 34.1 Å².